The fourth-order valence-corrected chi connectivity index (χ4v) is 2.82. The topological polar surface area (TPSA) is 49.5 Å². The molecule has 3 heteroatoms. The third-order valence-corrected chi connectivity index (χ3v) is 4.50. The number of likely N-dealkylation sites (tertiary alicyclic amines) is 1. The van der Waals surface area contributed by atoms with E-state index in [1.165, 1.54) is 0 Å². The van der Waals surface area contributed by atoms with Crippen LogP contribution in [0.3, 0.4) is 0 Å². The maximum atomic E-state index is 10.6. The van der Waals surface area contributed by atoms with E-state index >= 15 is 0 Å². The average Bonchev–Trinajstić information content (AvgIpc) is 2.93. The zero-order valence-electron chi connectivity index (χ0n) is 9.29. The Hall–Kier alpha value is -0.120. The van der Waals surface area contributed by atoms with Gasteiger partial charge in [0.15, 0.2) is 0 Å². The van der Waals surface area contributed by atoms with Crippen LogP contribution in [0.4, 0.5) is 0 Å². The molecular weight excluding hydrogens is 176 g/mol. The van der Waals surface area contributed by atoms with Crippen LogP contribution in [-0.2, 0) is 0 Å². The van der Waals surface area contributed by atoms with Crippen molar-refractivity contribution in [3.05, 3.63) is 0 Å². The molecular formula is C11H22N2O. The normalized spacial score (nSPS) is 42.4. The molecule has 0 aromatic heterocycles. The minimum absolute atomic E-state index is 0.0719. The zero-order valence-corrected chi connectivity index (χ0v) is 9.29. The molecule has 0 aromatic rings. The van der Waals surface area contributed by atoms with Gasteiger partial charge in [0.25, 0.3) is 0 Å². The fraction of sp³-hybridized carbons (Fsp3) is 1.00. The summed E-state index contributed by atoms with van der Waals surface area (Å²) in [5.74, 6) is 0. The number of aliphatic hydroxyl groups is 1. The highest BCUT2D eigenvalue weighted by atomic mass is 16.3. The van der Waals surface area contributed by atoms with Gasteiger partial charge < -0.3 is 15.7 Å². The molecule has 2 aliphatic rings. The molecule has 1 aliphatic heterocycles. The second-order valence-corrected chi connectivity index (χ2v) is 5.30. The Morgan fingerprint density at radius 1 is 1.43 bits per heavy atom. The first kappa shape index (κ1) is 10.4. The maximum Gasteiger partial charge on any atom is 0.0742 e. The summed E-state index contributed by atoms with van der Waals surface area (Å²) in [6, 6.07) is 0.484. The summed E-state index contributed by atoms with van der Waals surface area (Å²) in [7, 11) is 2.13. The van der Waals surface area contributed by atoms with Gasteiger partial charge in [0, 0.05) is 24.5 Å². The van der Waals surface area contributed by atoms with Crippen LogP contribution in [0, 0.1) is 5.41 Å². The largest absolute Gasteiger partial charge is 0.389 e. The molecule has 0 radical (unpaired) electrons. The first-order valence-corrected chi connectivity index (χ1v) is 5.66. The van der Waals surface area contributed by atoms with E-state index in [1.807, 2.05) is 0 Å². The molecule has 0 aromatic carbocycles. The lowest BCUT2D eigenvalue weighted by atomic mass is 9.74. The summed E-state index contributed by atoms with van der Waals surface area (Å²) in [6.07, 6.45) is 4.03. The van der Waals surface area contributed by atoms with Crippen molar-refractivity contribution in [2.45, 2.75) is 44.2 Å². The van der Waals surface area contributed by atoms with Gasteiger partial charge in [-0.1, -0.05) is 0 Å². The Kier molecular flexibility index (Phi) is 2.37. The van der Waals surface area contributed by atoms with E-state index < -0.39 is 5.60 Å². The summed E-state index contributed by atoms with van der Waals surface area (Å²) in [4.78, 5) is 2.32. The van der Waals surface area contributed by atoms with Gasteiger partial charge in [-0.15, -0.1) is 0 Å². The summed E-state index contributed by atoms with van der Waals surface area (Å²) in [5, 5.41) is 10.6. The first-order chi connectivity index (χ1) is 6.53. The standard InChI is InChI=1S/C11H22N2O/c1-9-7-11(14,5-6-13(9)2)10(8-12)3-4-10/h9,14H,3-8,12H2,1-2H3. The molecule has 3 N–H and O–H groups in total. The number of nitrogens with two attached hydrogens (primary N) is 1. The minimum atomic E-state index is -0.478. The second-order valence-electron chi connectivity index (χ2n) is 5.30. The van der Waals surface area contributed by atoms with Gasteiger partial charge >= 0.3 is 0 Å². The molecule has 2 rings (SSSR count). The van der Waals surface area contributed by atoms with Crippen molar-refractivity contribution in [3.63, 3.8) is 0 Å². The van der Waals surface area contributed by atoms with Crippen LogP contribution in [0.2, 0.25) is 0 Å². The van der Waals surface area contributed by atoms with Crippen molar-refractivity contribution in [2.75, 3.05) is 20.1 Å². The van der Waals surface area contributed by atoms with Crippen LogP contribution in [0.1, 0.15) is 32.6 Å². The molecule has 2 fully saturated rings. The minimum Gasteiger partial charge on any atom is -0.389 e. The number of rotatable bonds is 2. The Balaban J connectivity index is 2.10. The van der Waals surface area contributed by atoms with Crippen molar-refractivity contribution in [1.82, 2.24) is 4.90 Å². The van der Waals surface area contributed by atoms with Gasteiger partial charge in [-0.2, -0.15) is 0 Å². The van der Waals surface area contributed by atoms with Crippen molar-refractivity contribution < 1.29 is 5.11 Å². The highest BCUT2D eigenvalue weighted by Crippen LogP contribution is 2.57. The summed E-state index contributed by atoms with van der Waals surface area (Å²) in [5.41, 5.74) is 5.38. The molecule has 0 bridgehead atoms. The van der Waals surface area contributed by atoms with Gasteiger partial charge in [0.2, 0.25) is 0 Å². The predicted molar refractivity (Wildman–Crippen MR) is 57.0 cm³/mol. The summed E-state index contributed by atoms with van der Waals surface area (Å²) >= 11 is 0. The fourth-order valence-electron chi connectivity index (χ4n) is 2.82. The first-order valence-electron chi connectivity index (χ1n) is 5.66. The molecule has 1 aliphatic carbocycles. The summed E-state index contributed by atoms with van der Waals surface area (Å²) < 4.78 is 0. The lowest BCUT2D eigenvalue weighted by Gasteiger charge is -2.45. The van der Waals surface area contributed by atoms with Gasteiger partial charge in [-0.05, 0) is 39.7 Å². The van der Waals surface area contributed by atoms with Crippen LogP contribution < -0.4 is 5.73 Å². The Labute approximate surface area is 86.3 Å². The van der Waals surface area contributed by atoms with Gasteiger partial charge in [-0.3, -0.25) is 0 Å². The van der Waals surface area contributed by atoms with E-state index in [9.17, 15) is 5.11 Å². The van der Waals surface area contributed by atoms with E-state index in [4.69, 9.17) is 5.73 Å². The monoisotopic (exact) mass is 198 g/mol. The predicted octanol–water partition coefficient (Wildman–Crippen LogP) is 0.570. The zero-order chi connectivity index (χ0) is 10.4. The van der Waals surface area contributed by atoms with E-state index in [2.05, 4.69) is 18.9 Å². The van der Waals surface area contributed by atoms with Crippen LogP contribution in [-0.4, -0.2) is 41.8 Å². The molecule has 2 unspecified atom stereocenters. The van der Waals surface area contributed by atoms with Crippen LogP contribution in [0.15, 0.2) is 0 Å². The third kappa shape index (κ3) is 1.38. The molecule has 1 saturated carbocycles. The molecule has 0 amide bonds. The third-order valence-electron chi connectivity index (χ3n) is 4.50. The molecule has 3 nitrogen and oxygen atoms in total. The summed E-state index contributed by atoms with van der Waals surface area (Å²) in [6.45, 7) is 3.84. The average molecular weight is 198 g/mol. The number of piperidine rings is 1. The molecule has 1 heterocycles. The van der Waals surface area contributed by atoms with Crippen molar-refractivity contribution >= 4 is 0 Å². The molecule has 82 valence electrons. The Morgan fingerprint density at radius 2 is 2.07 bits per heavy atom. The van der Waals surface area contributed by atoms with Crippen LogP contribution in [0.5, 0.6) is 0 Å². The van der Waals surface area contributed by atoms with Gasteiger partial charge in [0.1, 0.15) is 0 Å². The van der Waals surface area contributed by atoms with Crippen molar-refractivity contribution in [2.24, 2.45) is 11.1 Å². The van der Waals surface area contributed by atoms with Crippen LogP contribution in [0.25, 0.3) is 0 Å². The van der Waals surface area contributed by atoms with E-state index in [-0.39, 0.29) is 5.41 Å². The highest BCUT2D eigenvalue weighted by molar-refractivity contribution is 5.11. The Morgan fingerprint density at radius 3 is 2.50 bits per heavy atom. The Bertz CT molecular complexity index is 227. The lowest BCUT2D eigenvalue weighted by molar-refractivity contribution is -0.0877. The van der Waals surface area contributed by atoms with Crippen molar-refractivity contribution in [1.29, 1.82) is 0 Å². The quantitative estimate of drug-likeness (QED) is 0.682. The highest BCUT2D eigenvalue weighted by Gasteiger charge is 2.58. The van der Waals surface area contributed by atoms with Crippen molar-refractivity contribution in [3.8, 4) is 0 Å². The second kappa shape index (κ2) is 3.19. The van der Waals surface area contributed by atoms with E-state index in [0.29, 0.717) is 12.6 Å². The smallest absolute Gasteiger partial charge is 0.0742 e. The molecule has 1 saturated heterocycles. The SMILES string of the molecule is CC1CC(O)(C2(CN)CC2)CCN1C. The van der Waals surface area contributed by atoms with Gasteiger partial charge in [-0.25, -0.2) is 0 Å². The number of nitrogens with zero attached hydrogens (tertiary/aromatic N) is 1. The number of hydrogen-bond acceptors (Lipinski definition) is 3. The molecule has 0 spiro atoms. The van der Waals surface area contributed by atoms with Crippen LogP contribution >= 0.6 is 0 Å². The van der Waals surface area contributed by atoms with E-state index in [0.717, 1.165) is 32.2 Å². The molecule has 14 heavy (non-hydrogen) atoms. The maximum absolute atomic E-state index is 10.6. The number of hydrogen-bond donors (Lipinski definition) is 2. The van der Waals surface area contributed by atoms with E-state index in [1.54, 1.807) is 0 Å². The lowest BCUT2D eigenvalue weighted by Crippen LogP contribution is -2.54. The van der Waals surface area contributed by atoms with Gasteiger partial charge in [0.05, 0.1) is 5.60 Å². The molecule has 2 atom stereocenters.